The van der Waals surface area contributed by atoms with Gasteiger partial charge in [0, 0.05) is 69.8 Å². The van der Waals surface area contributed by atoms with E-state index in [1.54, 1.807) is 44.8 Å². The van der Waals surface area contributed by atoms with Gasteiger partial charge < -0.3 is 47.9 Å². The quantitative estimate of drug-likeness (QED) is 0.106. The number of Topliss-reactive ketones (excluding diaryl/α,β-unsaturated/α-hetero) is 2. The summed E-state index contributed by atoms with van der Waals surface area (Å²) in [5.74, 6) is 5.80. The first-order valence-electron chi connectivity index (χ1n) is 21.2. The molecular formula is C50H48BBrN2O12. The summed E-state index contributed by atoms with van der Waals surface area (Å²) in [4.78, 5) is 34.8. The minimum atomic E-state index is -1.53. The van der Waals surface area contributed by atoms with E-state index in [1.807, 2.05) is 78.9 Å². The Bertz CT molecular complexity index is 2710. The minimum absolute atomic E-state index is 0.189. The summed E-state index contributed by atoms with van der Waals surface area (Å²) in [6.45, 7) is 0.484. The van der Waals surface area contributed by atoms with E-state index in [4.69, 9.17) is 47.9 Å². The molecule has 0 bridgehead atoms. The van der Waals surface area contributed by atoms with Crippen LogP contribution >= 0.6 is 15.9 Å². The Balaban J connectivity index is 0.000000147. The Morgan fingerprint density at radius 3 is 1.55 bits per heavy atom. The number of methoxy groups -OCH3 is 4. The van der Waals surface area contributed by atoms with Crippen molar-refractivity contribution in [3.8, 4) is 57.1 Å². The van der Waals surface area contributed by atoms with Crippen molar-refractivity contribution in [1.82, 2.24) is 9.97 Å². The highest BCUT2D eigenvalue weighted by atomic mass is 79.9. The summed E-state index contributed by atoms with van der Waals surface area (Å²) in [7, 11) is 4.72. The summed E-state index contributed by atoms with van der Waals surface area (Å²) in [6.07, 6.45) is 7.66. The molecular weight excluding hydrogens is 911 g/mol. The number of carbonyl (C=O) groups excluding carboxylic acids is 2. The molecule has 0 radical (unpaired) electrons. The highest BCUT2D eigenvalue weighted by Gasteiger charge is 2.52. The average molecular weight is 960 g/mol. The van der Waals surface area contributed by atoms with Gasteiger partial charge in [-0.3, -0.25) is 19.6 Å². The number of ketones is 2. The van der Waals surface area contributed by atoms with Crippen LogP contribution in [0.15, 0.2) is 114 Å². The molecule has 2 aliphatic carbocycles. The lowest BCUT2D eigenvalue weighted by atomic mass is 9.79. The number of benzene rings is 4. The van der Waals surface area contributed by atoms with E-state index in [0.29, 0.717) is 41.3 Å². The topological polar surface area (TPSA) is 174 Å². The first-order chi connectivity index (χ1) is 32.0. The van der Waals surface area contributed by atoms with Gasteiger partial charge >= 0.3 is 7.12 Å². The van der Waals surface area contributed by atoms with Crippen molar-refractivity contribution in [3.05, 3.63) is 136 Å². The molecule has 4 aliphatic rings. The maximum Gasteiger partial charge on any atom is 0.492 e. The highest BCUT2D eigenvalue weighted by molar-refractivity contribution is 9.10. The first-order valence-corrected chi connectivity index (χ1v) is 22.0. The molecule has 0 unspecified atom stereocenters. The number of halogens is 1. The molecule has 10 rings (SSSR count). The SMILES string of the molecule is COc1ccc(-c2ccc(CC(=O)C3(c4ccc5c(c4)OCO5)CC3)nc2)c(OC)c1.COc1ccc(B(O)O)c(OC)c1.O=C(Cc1ccc(Br)cn1)C1(c2ccc3c(c2)OCO3)CC1. The number of fused-ring (bicyclic) bond motifs is 2. The first kappa shape index (κ1) is 45.9. The van der Waals surface area contributed by atoms with Crippen LogP contribution < -0.4 is 43.4 Å². The van der Waals surface area contributed by atoms with Crippen LogP contribution in [0.5, 0.6) is 46.0 Å². The van der Waals surface area contributed by atoms with Crippen LogP contribution in [0.4, 0.5) is 0 Å². The van der Waals surface area contributed by atoms with Gasteiger partial charge in [-0.25, -0.2) is 0 Å². The third kappa shape index (κ3) is 9.95. The number of carbonyl (C=O) groups is 2. The zero-order valence-electron chi connectivity index (χ0n) is 36.9. The van der Waals surface area contributed by atoms with Gasteiger partial charge in [-0.15, -0.1) is 0 Å². The van der Waals surface area contributed by atoms with Crippen LogP contribution in [0.3, 0.4) is 0 Å². The van der Waals surface area contributed by atoms with Gasteiger partial charge in [0.25, 0.3) is 0 Å². The van der Waals surface area contributed by atoms with Crippen LogP contribution in [0.25, 0.3) is 11.1 Å². The molecule has 2 aromatic heterocycles. The molecule has 0 saturated heterocycles. The lowest BCUT2D eigenvalue weighted by Crippen LogP contribution is -2.31. The molecule has 6 aromatic rings. The molecule has 66 heavy (non-hydrogen) atoms. The van der Waals surface area contributed by atoms with Gasteiger partial charge in [-0.1, -0.05) is 24.3 Å². The summed E-state index contributed by atoms with van der Waals surface area (Å²) < 4.78 is 43.2. The second-order valence-corrected chi connectivity index (χ2v) is 17.0. The Kier molecular flexibility index (Phi) is 13.8. The molecule has 2 saturated carbocycles. The van der Waals surface area contributed by atoms with Gasteiger partial charge in [-0.05, 0) is 113 Å². The van der Waals surface area contributed by atoms with E-state index >= 15 is 0 Å². The molecule has 0 spiro atoms. The molecule has 2 fully saturated rings. The molecule has 4 heterocycles. The maximum atomic E-state index is 13.2. The van der Waals surface area contributed by atoms with Gasteiger partial charge in [-0.2, -0.15) is 0 Å². The van der Waals surface area contributed by atoms with Crippen LogP contribution in [0, 0.1) is 0 Å². The minimum Gasteiger partial charge on any atom is -0.497 e. The predicted molar refractivity (Wildman–Crippen MR) is 248 cm³/mol. The van der Waals surface area contributed by atoms with E-state index in [2.05, 4.69) is 25.9 Å². The zero-order valence-corrected chi connectivity index (χ0v) is 38.5. The molecule has 0 amide bonds. The summed E-state index contributed by atoms with van der Waals surface area (Å²) in [5, 5.41) is 17.9. The van der Waals surface area contributed by atoms with E-state index in [9.17, 15) is 9.59 Å². The van der Waals surface area contributed by atoms with Crippen LogP contribution in [-0.2, 0) is 33.3 Å². The fourth-order valence-electron chi connectivity index (χ4n) is 8.03. The zero-order chi connectivity index (χ0) is 46.4. The Labute approximate surface area is 391 Å². The second-order valence-electron chi connectivity index (χ2n) is 16.1. The van der Waals surface area contributed by atoms with Crippen molar-refractivity contribution in [2.75, 3.05) is 42.0 Å². The number of hydrogen-bond acceptors (Lipinski definition) is 14. The standard InChI is InChI=1S/C25H23NO5.C17H14BrNO3.C8H11BO4/c1-28-19-6-7-20(22(13-19)29-2)16-3-5-18(26-14-16)12-24(27)25(9-10-25)17-4-8-21-23(11-17)31-15-30-21;18-12-2-3-13(19-9-12)8-16(20)17(5-6-17)11-1-4-14-15(7-11)22-10-21-14;1-12-6-3-4-7(9(10)11)8(5-6)13-2/h3-8,11,13-14H,9-10,12,15H2,1-2H3;1-4,7,9H,5-6,8,10H2;3-5,10-11H,1-2H3. The molecule has 4 aromatic carbocycles. The summed E-state index contributed by atoms with van der Waals surface area (Å²) >= 11 is 3.36. The van der Waals surface area contributed by atoms with Crippen molar-refractivity contribution in [3.63, 3.8) is 0 Å². The van der Waals surface area contributed by atoms with Crippen LogP contribution in [0.2, 0.25) is 0 Å². The van der Waals surface area contributed by atoms with Crippen molar-refractivity contribution in [2.24, 2.45) is 0 Å². The Hall–Kier alpha value is -6.62. The number of aromatic nitrogens is 2. The molecule has 16 heteroatoms. The average Bonchev–Trinajstić information content (AvgIpc) is 4.25. The number of ether oxygens (including phenoxy) is 8. The third-order valence-electron chi connectivity index (χ3n) is 12.2. The lowest BCUT2D eigenvalue weighted by Gasteiger charge is -2.15. The highest BCUT2D eigenvalue weighted by Crippen LogP contribution is 2.53. The van der Waals surface area contributed by atoms with E-state index < -0.39 is 12.5 Å². The van der Waals surface area contributed by atoms with Gasteiger partial charge in [0.1, 0.15) is 34.6 Å². The number of rotatable bonds is 14. The summed E-state index contributed by atoms with van der Waals surface area (Å²) in [5.41, 5.74) is 4.97. The lowest BCUT2D eigenvalue weighted by molar-refractivity contribution is -0.121. The summed E-state index contributed by atoms with van der Waals surface area (Å²) in [6, 6.07) is 29.8. The predicted octanol–water partition coefficient (Wildman–Crippen LogP) is 7.14. The fraction of sp³-hybridized carbons (Fsp3) is 0.280. The van der Waals surface area contributed by atoms with Crippen molar-refractivity contribution in [1.29, 1.82) is 0 Å². The van der Waals surface area contributed by atoms with E-state index in [0.717, 1.165) is 86.8 Å². The Morgan fingerprint density at radius 1 is 0.591 bits per heavy atom. The maximum absolute atomic E-state index is 13.2. The van der Waals surface area contributed by atoms with Crippen molar-refractivity contribution < 1.29 is 57.5 Å². The van der Waals surface area contributed by atoms with E-state index in [-0.39, 0.29) is 30.6 Å². The molecule has 0 atom stereocenters. The van der Waals surface area contributed by atoms with Gasteiger partial charge in [0.15, 0.2) is 23.0 Å². The van der Waals surface area contributed by atoms with Crippen molar-refractivity contribution in [2.45, 2.75) is 49.4 Å². The fourth-order valence-corrected chi connectivity index (χ4v) is 8.27. The Morgan fingerprint density at radius 2 is 1.09 bits per heavy atom. The number of pyridine rings is 2. The molecule has 14 nitrogen and oxygen atoms in total. The van der Waals surface area contributed by atoms with Gasteiger partial charge in [0.05, 0.1) is 39.3 Å². The van der Waals surface area contributed by atoms with E-state index in [1.165, 1.54) is 14.2 Å². The normalized spacial score (nSPS) is 14.9. The van der Waals surface area contributed by atoms with Crippen LogP contribution in [0.1, 0.15) is 48.2 Å². The van der Waals surface area contributed by atoms with Gasteiger partial charge in [0.2, 0.25) is 13.6 Å². The van der Waals surface area contributed by atoms with Crippen molar-refractivity contribution >= 4 is 40.1 Å². The number of hydrogen-bond donors (Lipinski definition) is 2. The molecule has 2 N–H and O–H groups in total. The number of nitrogens with zero attached hydrogens (tertiary/aromatic N) is 2. The smallest absolute Gasteiger partial charge is 0.492 e. The largest absolute Gasteiger partial charge is 0.497 e. The second kappa shape index (κ2) is 19.9. The molecule has 340 valence electrons. The van der Waals surface area contributed by atoms with Crippen LogP contribution in [-0.4, -0.2) is 80.7 Å². The molecule has 2 aliphatic heterocycles. The monoisotopic (exact) mass is 958 g/mol. The third-order valence-corrected chi connectivity index (χ3v) is 12.6.